The Bertz CT molecular complexity index is 773. The zero-order valence-electron chi connectivity index (χ0n) is 12.7. The largest absolute Gasteiger partial charge is 0.489 e. The number of benzene rings is 3. The molecule has 0 unspecified atom stereocenters. The van der Waals surface area contributed by atoms with Gasteiger partial charge in [0.25, 0.3) is 0 Å². The van der Waals surface area contributed by atoms with Gasteiger partial charge in [0.05, 0.1) is 0 Å². The average molecular weight is 343 g/mol. The third kappa shape index (κ3) is 3.87. The first-order chi connectivity index (χ1) is 11.1. The molecule has 3 rings (SSSR count). The second-order valence-corrected chi connectivity index (χ2v) is 6.19. The minimum Gasteiger partial charge on any atom is -0.489 e. The molecule has 0 aliphatic heterocycles. The number of hydrogen-bond donors (Lipinski definition) is 0. The third-order valence-corrected chi connectivity index (χ3v) is 4.39. The molecule has 0 saturated heterocycles. The Hall–Kier alpha value is -1.96. The maximum absolute atomic E-state index is 6.15. The Morgan fingerprint density at radius 2 is 1.26 bits per heavy atom. The maximum atomic E-state index is 6.15. The fraction of sp³-hybridized carbons (Fsp3) is 0.100. The lowest BCUT2D eigenvalue weighted by Crippen LogP contribution is -1.97. The van der Waals surface area contributed by atoms with E-state index in [4.69, 9.17) is 27.9 Å². The minimum absolute atomic E-state index is 0.350. The molecular weight excluding hydrogens is 327 g/mol. The molecular formula is C20H16Cl2O. The van der Waals surface area contributed by atoms with Gasteiger partial charge in [-0.3, -0.25) is 0 Å². The first kappa shape index (κ1) is 15.9. The first-order valence-corrected chi connectivity index (χ1v) is 8.12. The highest BCUT2D eigenvalue weighted by Gasteiger charge is 2.06. The van der Waals surface area contributed by atoms with Gasteiger partial charge in [-0.25, -0.2) is 0 Å². The van der Waals surface area contributed by atoms with Gasteiger partial charge in [0.2, 0.25) is 0 Å². The second kappa shape index (κ2) is 7.08. The Morgan fingerprint density at radius 1 is 0.739 bits per heavy atom. The van der Waals surface area contributed by atoms with Crippen molar-refractivity contribution in [3.63, 3.8) is 0 Å². The van der Waals surface area contributed by atoms with Crippen molar-refractivity contribution in [3.8, 4) is 16.9 Å². The normalized spacial score (nSPS) is 10.6. The summed E-state index contributed by atoms with van der Waals surface area (Å²) in [6.45, 7) is 2.43. The molecule has 0 aromatic heterocycles. The Balaban J connectivity index is 1.72. The molecule has 0 fully saturated rings. The van der Waals surface area contributed by atoms with Gasteiger partial charge in [0, 0.05) is 15.6 Å². The minimum atomic E-state index is 0.350. The van der Waals surface area contributed by atoms with Crippen LogP contribution in [0.15, 0.2) is 66.7 Å². The molecule has 0 spiro atoms. The van der Waals surface area contributed by atoms with Gasteiger partial charge in [0.1, 0.15) is 12.4 Å². The van der Waals surface area contributed by atoms with Crippen LogP contribution in [0.3, 0.4) is 0 Å². The second-order valence-electron chi connectivity index (χ2n) is 5.38. The third-order valence-electron chi connectivity index (χ3n) is 3.68. The molecule has 0 atom stereocenters. The summed E-state index contributed by atoms with van der Waals surface area (Å²) in [5.41, 5.74) is 4.41. The summed E-state index contributed by atoms with van der Waals surface area (Å²) >= 11 is 12.3. The van der Waals surface area contributed by atoms with Crippen LogP contribution < -0.4 is 4.74 Å². The number of ether oxygens (including phenoxy) is 1. The van der Waals surface area contributed by atoms with Gasteiger partial charge in [-0.15, -0.1) is 0 Å². The van der Waals surface area contributed by atoms with Crippen molar-refractivity contribution in [1.82, 2.24) is 0 Å². The van der Waals surface area contributed by atoms with E-state index in [1.165, 1.54) is 11.1 Å². The van der Waals surface area contributed by atoms with Crippen molar-refractivity contribution >= 4 is 23.2 Å². The van der Waals surface area contributed by atoms with E-state index in [1.54, 1.807) is 0 Å². The van der Waals surface area contributed by atoms with E-state index in [0.29, 0.717) is 16.7 Å². The summed E-state index contributed by atoms with van der Waals surface area (Å²) < 4.78 is 5.79. The standard InChI is InChI=1S/C20H16Cl2O/c1-14-5-7-15(8-6-14)16-9-11-17(12-10-16)23-13-18-19(21)3-2-4-20(18)22/h2-12H,13H2,1H3. The van der Waals surface area contributed by atoms with Gasteiger partial charge in [-0.1, -0.05) is 71.2 Å². The summed E-state index contributed by atoms with van der Waals surface area (Å²) in [7, 11) is 0. The van der Waals surface area contributed by atoms with Crippen LogP contribution in [-0.4, -0.2) is 0 Å². The molecule has 0 radical (unpaired) electrons. The molecule has 0 bridgehead atoms. The summed E-state index contributed by atoms with van der Waals surface area (Å²) in [6, 6.07) is 21.9. The predicted molar refractivity (Wildman–Crippen MR) is 97.4 cm³/mol. The highest BCUT2D eigenvalue weighted by atomic mass is 35.5. The first-order valence-electron chi connectivity index (χ1n) is 7.36. The molecule has 3 heteroatoms. The fourth-order valence-corrected chi connectivity index (χ4v) is 2.82. The monoisotopic (exact) mass is 342 g/mol. The van der Waals surface area contributed by atoms with Crippen LogP contribution in [0.1, 0.15) is 11.1 Å². The number of hydrogen-bond acceptors (Lipinski definition) is 1. The van der Waals surface area contributed by atoms with Gasteiger partial charge in [0.15, 0.2) is 0 Å². The zero-order chi connectivity index (χ0) is 16.2. The van der Waals surface area contributed by atoms with Gasteiger partial charge in [-0.05, 0) is 42.3 Å². The maximum Gasteiger partial charge on any atom is 0.119 e. The van der Waals surface area contributed by atoms with Crippen LogP contribution in [0.4, 0.5) is 0 Å². The van der Waals surface area contributed by atoms with Gasteiger partial charge < -0.3 is 4.74 Å². The van der Waals surface area contributed by atoms with Crippen molar-refractivity contribution in [2.45, 2.75) is 13.5 Å². The van der Waals surface area contributed by atoms with Crippen LogP contribution in [0, 0.1) is 6.92 Å². The quantitative estimate of drug-likeness (QED) is 0.522. The molecule has 0 amide bonds. The Morgan fingerprint density at radius 3 is 1.83 bits per heavy atom. The Kier molecular flexibility index (Phi) is 4.90. The van der Waals surface area contributed by atoms with E-state index in [1.807, 2.05) is 42.5 Å². The highest BCUT2D eigenvalue weighted by Crippen LogP contribution is 2.27. The van der Waals surface area contributed by atoms with Crippen molar-refractivity contribution in [2.75, 3.05) is 0 Å². The van der Waals surface area contributed by atoms with Crippen LogP contribution >= 0.6 is 23.2 Å². The topological polar surface area (TPSA) is 9.23 Å². The molecule has 0 heterocycles. The fourth-order valence-electron chi connectivity index (χ4n) is 2.32. The van der Waals surface area contributed by atoms with Crippen molar-refractivity contribution in [3.05, 3.63) is 87.9 Å². The van der Waals surface area contributed by atoms with Crippen molar-refractivity contribution in [2.24, 2.45) is 0 Å². The van der Waals surface area contributed by atoms with Gasteiger partial charge in [-0.2, -0.15) is 0 Å². The molecule has 0 N–H and O–H groups in total. The smallest absolute Gasteiger partial charge is 0.119 e. The van der Waals surface area contributed by atoms with E-state index in [0.717, 1.165) is 16.9 Å². The average Bonchev–Trinajstić information content (AvgIpc) is 2.56. The van der Waals surface area contributed by atoms with E-state index in [9.17, 15) is 0 Å². The lowest BCUT2D eigenvalue weighted by molar-refractivity contribution is 0.306. The SMILES string of the molecule is Cc1ccc(-c2ccc(OCc3c(Cl)cccc3Cl)cc2)cc1. The summed E-state index contributed by atoms with van der Waals surface area (Å²) in [4.78, 5) is 0. The van der Waals surface area contributed by atoms with Crippen LogP contribution in [0.2, 0.25) is 10.0 Å². The van der Waals surface area contributed by atoms with Crippen LogP contribution in [-0.2, 0) is 6.61 Å². The van der Waals surface area contributed by atoms with E-state index in [2.05, 4.69) is 31.2 Å². The lowest BCUT2D eigenvalue weighted by Gasteiger charge is -2.10. The molecule has 0 aliphatic carbocycles. The highest BCUT2D eigenvalue weighted by molar-refractivity contribution is 6.35. The Labute approximate surface area is 146 Å². The number of rotatable bonds is 4. The van der Waals surface area contributed by atoms with Crippen LogP contribution in [0.5, 0.6) is 5.75 Å². The van der Waals surface area contributed by atoms with Crippen molar-refractivity contribution in [1.29, 1.82) is 0 Å². The summed E-state index contributed by atoms with van der Waals surface area (Å²) in [6.07, 6.45) is 0. The molecule has 3 aromatic rings. The van der Waals surface area contributed by atoms with Gasteiger partial charge >= 0.3 is 0 Å². The number of halogens is 2. The van der Waals surface area contributed by atoms with Crippen molar-refractivity contribution < 1.29 is 4.74 Å². The zero-order valence-corrected chi connectivity index (χ0v) is 14.2. The summed E-state index contributed by atoms with van der Waals surface area (Å²) in [5.74, 6) is 0.789. The molecule has 0 saturated carbocycles. The molecule has 3 aromatic carbocycles. The van der Waals surface area contributed by atoms with Crippen LogP contribution in [0.25, 0.3) is 11.1 Å². The lowest BCUT2D eigenvalue weighted by atomic mass is 10.0. The van der Waals surface area contributed by atoms with E-state index >= 15 is 0 Å². The molecule has 1 nitrogen and oxygen atoms in total. The molecule has 116 valence electrons. The van der Waals surface area contributed by atoms with E-state index < -0.39 is 0 Å². The summed E-state index contributed by atoms with van der Waals surface area (Å²) in [5, 5.41) is 1.24. The number of aryl methyl sites for hydroxylation is 1. The predicted octanol–water partition coefficient (Wildman–Crippen LogP) is 6.55. The molecule has 23 heavy (non-hydrogen) atoms. The molecule has 0 aliphatic rings. The van der Waals surface area contributed by atoms with E-state index in [-0.39, 0.29) is 0 Å².